The number of carbonyl (C=O) groups excluding carboxylic acids is 1. The van der Waals surface area contributed by atoms with Crippen molar-refractivity contribution in [1.29, 1.82) is 0 Å². The monoisotopic (exact) mass is 248 g/mol. The summed E-state index contributed by atoms with van der Waals surface area (Å²) in [6, 6.07) is 3.81. The topological polar surface area (TPSA) is 53.4 Å². The summed E-state index contributed by atoms with van der Waals surface area (Å²) in [4.78, 5) is 18.5. The summed E-state index contributed by atoms with van der Waals surface area (Å²) in [5.74, 6) is 0.451. The fraction of sp³-hybridized carbons (Fsp3) is 0.571. The Bertz CT molecular complexity index is 425. The largest absolute Gasteiger partial charge is 0.396 e. The van der Waals surface area contributed by atoms with E-state index in [9.17, 15) is 4.79 Å². The van der Waals surface area contributed by atoms with Crippen LogP contribution < -0.4 is 0 Å². The first kappa shape index (κ1) is 13.0. The third-order valence-corrected chi connectivity index (χ3v) is 3.43. The SMILES string of the molecule is Cc1cc(C)nc(C(=O)N2CCC(CCO)C2)c1. The third-order valence-electron chi connectivity index (χ3n) is 3.43. The van der Waals surface area contributed by atoms with Gasteiger partial charge in [-0.05, 0) is 50.3 Å². The van der Waals surface area contributed by atoms with E-state index >= 15 is 0 Å². The van der Waals surface area contributed by atoms with Crippen molar-refractivity contribution >= 4 is 5.91 Å². The average molecular weight is 248 g/mol. The zero-order valence-corrected chi connectivity index (χ0v) is 11.0. The van der Waals surface area contributed by atoms with Crippen LogP contribution in [0.2, 0.25) is 0 Å². The van der Waals surface area contributed by atoms with E-state index < -0.39 is 0 Å². The number of aliphatic hydroxyl groups excluding tert-OH is 1. The molecule has 1 atom stereocenters. The smallest absolute Gasteiger partial charge is 0.272 e. The molecule has 0 radical (unpaired) electrons. The lowest BCUT2D eigenvalue weighted by molar-refractivity contribution is 0.0778. The number of nitrogens with zero attached hydrogens (tertiary/aromatic N) is 2. The van der Waals surface area contributed by atoms with Crippen LogP contribution in [0.5, 0.6) is 0 Å². The summed E-state index contributed by atoms with van der Waals surface area (Å²) in [6.07, 6.45) is 1.77. The van der Waals surface area contributed by atoms with Gasteiger partial charge in [0.1, 0.15) is 5.69 Å². The van der Waals surface area contributed by atoms with Crippen molar-refractivity contribution in [3.05, 3.63) is 29.1 Å². The first-order valence-electron chi connectivity index (χ1n) is 6.45. The van der Waals surface area contributed by atoms with Crippen LogP contribution in [-0.2, 0) is 0 Å². The van der Waals surface area contributed by atoms with E-state index in [0.717, 1.165) is 37.2 Å². The van der Waals surface area contributed by atoms with Crippen molar-refractivity contribution < 1.29 is 9.90 Å². The molecule has 1 aromatic heterocycles. The molecule has 1 aliphatic rings. The minimum atomic E-state index is 0.0160. The first-order valence-corrected chi connectivity index (χ1v) is 6.45. The van der Waals surface area contributed by atoms with E-state index in [0.29, 0.717) is 11.6 Å². The van der Waals surface area contributed by atoms with E-state index in [1.54, 1.807) is 0 Å². The van der Waals surface area contributed by atoms with E-state index in [2.05, 4.69) is 4.98 Å². The van der Waals surface area contributed by atoms with E-state index in [1.165, 1.54) is 0 Å². The average Bonchev–Trinajstić information content (AvgIpc) is 2.76. The van der Waals surface area contributed by atoms with Crippen molar-refractivity contribution in [3.63, 3.8) is 0 Å². The van der Waals surface area contributed by atoms with Crippen LogP contribution in [0.25, 0.3) is 0 Å². The number of aromatic nitrogens is 1. The van der Waals surface area contributed by atoms with Gasteiger partial charge >= 0.3 is 0 Å². The number of hydrogen-bond donors (Lipinski definition) is 1. The number of hydrogen-bond acceptors (Lipinski definition) is 3. The number of aliphatic hydroxyl groups is 1. The summed E-state index contributed by atoms with van der Waals surface area (Å²) >= 11 is 0. The van der Waals surface area contributed by atoms with E-state index in [-0.39, 0.29) is 12.5 Å². The molecule has 1 unspecified atom stereocenters. The summed E-state index contributed by atoms with van der Waals surface area (Å²) in [5.41, 5.74) is 2.48. The van der Waals surface area contributed by atoms with Gasteiger partial charge in [0.15, 0.2) is 0 Å². The Labute approximate surface area is 108 Å². The van der Waals surface area contributed by atoms with Gasteiger partial charge in [0, 0.05) is 25.4 Å². The van der Waals surface area contributed by atoms with Crippen LogP contribution in [0.3, 0.4) is 0 Å². The molecular weight excluding hydrogens is 228 g/mol. The molecule has 98 valence electrons. The quantitative estimate of drug-likeness (QED) is 0.883. The fourth-order valence-corrected chi connectivity index (χ4v) is 2.55. The maximum absolute atomic E-state index is 12.3. The van der Waals surface area contributed by atoms with Gasteiger partial charge in [-0.2, -0.15) is 0 Å². The minimum absolute atomic E-state index is 0.0160. The Morgan fingerprint density at radius 2 is 2.28 bits per heavy atom. The van der Waals surface area contributed by atoms with Gasteiger partial charge in [-0.1, -0.05) is 0 Å². The Hall–Kier alpha value is -1.42. The molecule has 0 aliphatic carbocycles. The summed E-state index contributed by atoms with van der Waals surface area (Å²) in [6.45, 7) is 5.60. The van der Waals surface area contributed by atoms with E-state index in [1.807, 2.05) is 30.9 Å². The van der Waals surface area contributed by atoms with Crippen molar-refractivity contribution in [2.45, 2.75) is 26.7 Å². The zero-order chi connectivity index (χ0) is 13.1. The zero-order valence-electron chi connectivity index (χ0n) is 11.0. The Balaban J connectivity index is 2.08. The number of aryl methyl sites for hydroxylation is 2. The van der Waals surface area contributed by atoms with Gasteiger partial charge < -0.3 is 10.0 Å². The maximum atomic E-state index is 12.3. The lowest BCUT2D eigenvalue weighted by Crippen LogP contribution is -2.29. The Kier molecular flexibility index (Phi) is 3.97. The van der Waals surface area contributed by atoms with Crippen LogP contribution >= 0.6 is 0 Å². The second-order valence-corrected chi connectivity index (χ2v) is 5.09. The van der Waals surface area contributed by atoms with E-state index in [4.69, 9.17) is 5.11 Å². The highest BCUT2D eigenvalue weighted by molar-refractivity contribution is 5.92. The van der Waals surface area contributed by atoms with Gasteiger partial charge in [-0.25, -0.2) is 4.98 Å². The third kappa shape index (κ3) is 2.88. The normalized spacial score (nSPS) is 19.3. The van der Waals surface area contributed by atoms with Gasteiger partial charge in [0.2, 0.25) is 0 Å². The van der Waals surface area contributed by atoms with Gasteiger partial charge in [0.05, 0.1) is 0 Å². The number of carbonyl (C=O) groups is 1. The summed E-state index contributed by atoms with van der Waals surface area (Å²) in [7, 11) is 0. The molecule has 1 N–H and O–H groups in total. The van der Waals surface area contributed by atoms with Crippen molar-refractivity contribution in [2.24, 2.45) is 5.92 Å². The molecule has 4 nitrogen and oxygen atoms in total. The highest BCUT2D eigenvalue weighted by Crippen LogP contribution is 2.21. The highest BCUT2D eigenvalue weighted by Gasteiger charge is 2.27. The number of amides is 1. The molecule has 1 amide bonds. The molecule has 1 aromatic rings. The maximum Gasteiger partial charge on any atom is 0.272 e. The molecule has 4 heteroatoms. The van der Waals surface area contributed by atoms with Crippen molar-refractivity contribution in [1.82, 2.24) is 9.88 Å². The van der Waals surface area contributed by atoms with Crippen LogP contribution in [-0.4, -0.2) is 40.6 Å². The Morgan fingerprint density at radius 3 is 2.94 bits per heavy atom. The predicted molar refractivity (Wildman–Crippen MR) is 69.4 cm³/mol. The van der Waals surface area contributed by atoms with Gasteiger partial charge in [-0.15, -0.1) is 0 Å². The lowest BCUT2D eigenvalue weighted by atomic mass is 10.1. The fourth-order valence-electron chi connectivity index (χ4n) is 2.55. The second kappa shape index (κ2) is 5.48. The Morgan fingerprint density at radius 1 is 1.50 bits per heavy atom. The first-order chi connectivity index (χ1) is 8.60. The van der Waals surface area contributed by atoms with Gasteiger partial charge in [-0.3, -0.25) is 4.79 Å². The molecule has 2 rings (SSSR count). The second-order valence-electron chi connectivity index (χ2n) is 5.09. The van der Waals surface area contributed by atoms with Crippen LogP contribution in [0.15, 0.2) is 12.1 Å². The molecule has 0 saturated carbocycles. The van der Waals surface area contributed by atoms with Crippen LogP contribution in [0, 0.1) is 19.8 Å². The molecule has 0 bridgehead atoms. The van der Waals surface area contributed by atoms with Crippen LogP contribution in [0.4, 0.5) is 0 Å². The number of likely N-dealkylation sites (tertiary alicyclic amines) is 1. The molecule has 1 aliphatic heterocycles. The number of pyridine rings is 1. The lowest BCUT2D eigenvalue weighted by Gasteiger charge is -2.16. The molecule has 2 heterocycles. The molecular formula is C14H20N2O2. The minimum Gasteiger partial charge on any atom is -0.396 e. The molecule has 1 saturated heterocycles. The van der Waals surface area contributed by atoms with Crippen molar-refractivity contribution in [2.75, 3.05) is 19.7 Å². The summed E-state index contributed by atoms with van der Waals surface area (Å²) < 4.78 is 0. The molecule has 0 spiro atoms. The molecule has 1 fully saturated rings. The van der Waals surface area contributed by atoms with Crippen molar-refractivity contribution in [3.8, 4) is 0 Å². The predicted octanol–water partition coefficient (Wildman–Crippen LogP) is 1.54. The highest BCUT2D eigenvalue weighted by atomic mass is 16.3. The molecule has 18 heavy (non-hydrogen) atoms. The summed E-state index contributed by atoms with van der Waals surface area (Å²) in [5, 5.41) is 8.93. The molecule has 0 aromatic carbocycles. The van der Waals surface area contributed by atoms with Gasteiger partial charge in [0.25, 0.3) is 5.91 Å². The number of rotatable bonds is 3. The standard InChI is InChI=1S/C14H20N2O2/c1-10-7-11(2)15-13(8-10)14(18)16-5-3-12(9-16)4-6-17/h7-8,12,17H,3-6,9H2,1-2H3. The van der Waals surface area contributed by atoms with Crippen LogP contribution in [0.1, 0.15) is 34.6 Å².